The van der Waals surface area contributed by atoms with Gasteiger partial charge >= 0.3 is 162 Å². The van der Waals surface area contributed by atoms with Gasteiger partial charge in [0.1, 0.15) is 0 Å². The molecule has 0 heterocycles. The molecule has 0 rings (SSSR count). The van der Waals surface area contributed by atoms with E-state index in [0.29, 0.717) is 0 Å². The van der Waals surface area contributed by atoms with E-state index in [2.05, 4.69) is 0 Å². The molecule has 0 aromatic heterocycles. The summed E-state index contributed by atoms with van der Waals surface area (Å²) < 4.78 is 34.1. The molecule has 4 nitrogen and oxygen atoms in total. The molecule has 0 unspecified atom stereocenters. The number of hydrogen-bond donors (Lipinski definition) is 0. The Morgan fingerprint density at radius 2 is 0.889 bits per heavy atom. The van der Waals surface area contributed by atoms with Crippen LogP contribution in [0.4, 0.5) is 0 Å². The molecular weight excluding hydrogens is 220 g/mol. The van der Waals surface area contributed by atoms with Crippen LogP contribution >= 0.6 is 0 Å². The van der Waals surface area contributed by atoms with Crippen LogP contribution in [0.3, 0.4) is 0 Å². The molecule has 9 heteroatoms. The van der Waals surface area contributed by atoms with Crippen molar-refractivity contribution < 1.29 is 120 Å². The molecule has 0 N–H and O–H groups in total. The van der Waals surface area contributed by atoms with E-state index >= 15 is 0 Å². The number of rotatable bonds is 0. The second-order valence-electron chi connectivity index (χ2n) is 0.408. The van der Waals surface area contributed by atoms with Gasteiger partial charge in [0, 0.05) is 10.4 Å². The molecule has 0 aliphatic carbocycles. The Kier molecular flexibility index (Phi) is 50.7. The summed E-state index contributed by atoms with van der Waals surface area (Å²) in [5.41, 5.74) is 0. The van der Waals surface area contributed by atoms with E-state index in [1.165, 1.54) is 0 Å². The zero-order chi connectivity index (χ0) is 4.50. The van der Waals surface area contributed by atoms with Crippen LogP contribution < -0.4 is 103 Å². The van der Waals surface area contributed by atoms with E-state index in [-0.39, 0.29) is 162 Å². The van der Waals surface area contributed by atoms with Crippen molar-refractivity contribution in [2.45, 2.75) is 0 Å². The Labute approximate surface area is 184 Å². The Bertz CT molecular complexity index is 99.7. The Morgan fingerprint density at radius 1 is 0.889 bits per heavy atom. The predicted molar refractivity (Wildman–Crippen MR) is 24.8 cm³/mol. The molecule has 0 saturated heterocycles. The molecule has 36 valence electrons. The van der Waals surface area contributed by atoms with Crippen molar-refractivity contribution in [2.24, 2.45) is 0 Å². The van der Waals surface area contributed by atoms with Crippen LogP contribution in [-0.2, 0) is 10.4 Å². The fourth-order valence-corrected chi connectivity index (χ4v) is 0. The molecule has 0 saturated carbocycles. The average Bonchev–Trinajstić information content (AvgIpc) is 0.722. The average molecular weight is 222 g/mol. The van der Waals surface area contributed by atoms with Crippen LogP contribution in [-0.4, -0.2) is 76.6 Å². The molecule has 0 amide bonds. The summed E-state index contributed by atoms with van der Waals surface area (Å²) in [6, 6.07) is 0. The fraction of sp³-hybridized carbons (Fsp3) is 0. The van der Waals surface area contributed by atoms with Gasteiger partial charge in [0.05, 0.1) is 0 Å². The summed E-state index contributed by atoms with van der Waals surface area (Å²) >= 11 is 0. The van der Waals surface area contributed by atoms with Crippen molar-refractivity contribution in [3.05, 3.63) is 0 Å². The predicted octanol–water partition coefficient (Wildman–Crippen LogP) is -8.63. The van der Waals surface area contributed by atoms with Crippen LogP contribution in [0, 0.1) is 0 Å². The van der Waals surface area contributed by atoms with Gasteiger partial charge in [-0.15, -0.1) is 0 Å². The van der Waals surface area contributed by atoms with E-state index in [1.54, 1.807) is 0 Å². The van der Waals surface area contributed by atoms with Gasteiger partial charge < -0.3 is 9.11 Å². The van der Waals surface area contributed by atoms with Crippen molar-refractivity contribution >= 4 is 69.5 Å². The standard InChI is InChI=1S/2K.2Na.H2O4S.2H/c;;;;1-5(2,3)4;;/h;;;;(H2,1,2,3,4);;/q2*+1;;;;;/p-2. The normalized spacial score (nSPS) is 6.44. The molecule has 0 radical (unpaired) electrons. The molecule has 0 aromatic rings. The van der Waals surface area contributed by atoms with E-state index < -0.39 is 10.4 Å². The zero-order valence-electron chi connectivity index (χ0n) is 4.04. The first kappa shape index (κ1) is 29.2. The van der Waals surface area contributed by atoms with Gasteiger partial charge in [0.15, 0.2) is 0 Å². The van der Waals surface area contributed by atoms with Crippen molar-refractivity contribution in [2.75, 3.05) is 0 Å². The van der Waals surface area contributed by atoms with Crippen LogP contribution in [0.15, 0.2) is 0 Å². The molecular formula is H2K2Na2O4S. The molecule has 0 aromatic carbocycles. The Balaban J connectivity index is -0.0000000133. The summed E-state index contributed by atoms with van der Waals surface area (Å²) in [4.78, 5) is 0. The SMILES string of the molecule is O=S(=O)([O-])[O-].[K+].[K+].[NaH].[NaH]. The minimum atomic E-state index is -5.17. The second-order valence-corrected chi connectivity index (χ2v) is 1.22. The van der Waals surface area contributed by atoms with Crippen LogP contribution in [0.25, 0.3) is 0 Å². The monoisotopic (exact) mass is 222 g/mol. The van der Waals surface area contributed by atoms with Gasteiger partial charge in [-0.25, -0.2) is 0 Å². The molecule has 0 aliphatic rings. The van der Waals surface area contributed by atoms with E-state index in [1.807, 2.05) is 0 Å². The van der Waals surface area contributed by atoms with E-state index in [9.17, 15) is 0 Å². The first-order chi connectivity index (χ1) is 2.00. The number of hydrogen-bond acceptors (Lipinski definition) is 4. The maximum absolute atomic E-state index is 8.52. The van der Waals surface area contributed by atoms with Gasteiger partial charge in [-0.05, 0) is 0 Å². The summed E-state index contributed by atoms with van der Waals surface area (Å²) in [6.45, 7) is 0. The summed E-state index contributed by atoms with van der Waals surface area (Å²) in [5, 5.41) is 0. The third-order valence-electron chi connectivity index (χ3n) is 0. The molecule has 0 aliphatic heterocycles. The molecule has 0 spiro atoms. The topological polar surface area (TPSA) is 80.3 Å². The Hall–Kier alpha value is 5.14. The third-order valence-corrected chi connectivity index (χ3v) is 0. The molecule has 0 bridgehead atoms. The van der Waals surface area contributed by atoms with Crippen molar-refractivity contribution in [3.8, 4) is 0 Å². The fourth-order valence-electron chi connectivity index (χ4n) is 0. The van der Waals surface area contributed by atoms with Crippen LogP contribution in [0.2, 0.25) is 0 Å². The van der Waals surface area contributed by atoms with Gasteiger partial charge in [-0.1, -0.05) is 0 Å². The van der Waals surface area contributed by atoms with Crippen molar-refractivity contribution in [1.82, 2.24) is 0 Å². The quantitative estimate of drug-likeness (QED) is 0.231. The Morgan fingerprint density at radius 3 is 0.889 bits per heavy atom. The molecule has 0 atom stereocenters. The van der Waals surface area contributed by atoms with Crippen molar-refractivity contribution in [3.63, 3.8) is 0 Å². The van der Waals surface area contributed by atoms with E-state index in [4.69, 9.17) is 17.5 Å². The van der Waals surface area contributed by atoms with Gasteiger partial charge in [-0.3, -0.25) is 8.42 Å². The van der Waals surface area contributed by atoms with Gasteiger partial charge in [0.2, 0.25) is 0 Å². The van der Waals surface area contributed by atoms with Crippen LogP contribution in [0.5, 0.6) is 0 Å². The zero-order valence-corrected chi connectivity index (χ0v) is 11.1. The second kappa shape index (κ2) is 15.6. The van der Waals surface area contributed by atoms with E-state index in [0.717, 1.165) is 0 Å². The first-order valence-electron chi connectivity index (χ1n) is 0.667. The van der Waals surface area contributed by atoms with Crippen LogP contribution in [0.1, 0.15) is 0 Å². The van der Waals surface area contributed by atoms with Gasteiger partial charge in [-0.2, -0.15) is 0 Å². The molecule has 0 fully saturated rings. The summed E-state index contributed by atoms with van der Waals surface area (Å²) in [5.74, 6) is 0. The summed E-state index contributed by atoms with van der Waals surface area (Å²) in [6.07, 6.45) is 0. The minimum absolute atomic E-state index is 0. The summed E-state index contributed by atoms with van der Waals surface area (Å²) in [7, 11) is -5.17. The molecule has 9 heavy (non-hydrogen) atoms. The first-order valence-corrected chi connectivity index (χ1v) is 2.00. The van der Waals surface area contributed by atoms with Crippen molar-refractivity contribution in [1.29, 1.82) is 0 Å². The maximum atomic E-state index is 8.52. The third kappa shape index (κ3) is 61.7. The van der Waals surface area contributed by atoms with Gasteiger partial charge in [0.25, 0.3) is 0 Å².